The van der Waals surface area contributed by atoms with Crippen LogP contribution in [0.15, 0.2) is 45.4 Å². The Bertz CT molecular complexity index is 1450. The standard InChI is InChI=1S/C22H11BrCl2F5N3O3/c23-12-7-33(6-9-1-2-10(24)5-13(9)25)32-21(12)31-22(34)14-4-3-11(36-14)8-35-20-18(29)16(27)15(26)17(28)19(20)30/h1-5,7H,6,8H2,(H,31,32,34). The molecule has 4 aromatic rings. The largest absolute Gasteiger partial charge is 0.479 e. The van der Waals surface area contributed by atoms with Crippen LogP contribution in [0.25, 0.3) is 0 Å². The van der Waals surface area contributed by atoms with E-state index in [2.05, 4.69) is 26.3 Å². The molecule has 0 spiro atoms. The molecule has 0 saturated carbocycles. The van der Waals surface area contributed by atoms with Gasteiger partial charge < -0.3 is 14.5 Å². The van der Waals surface area contributed by atoms with E-state index < -0.39 is 47.3 Å². The number of carbonyl (C=O) groups is 1. The van der Waals surface area contributed by atoms with Gasteiger partial charge in [-0.2, -0.15) is 13.9 Å². The molecule has 188 valence electrons. The Morgan fingerprint density at radius 2 is 1.69 bits per heavy atom. The predicted molar refractivity (Wildman–Crippen MR) is 123 cm³/mol. The van der Waals surface area contributed by atoms with Gasteiger partial charge in [-0.15, -0.1) is 0 Å². The summed E-state index contributed by atoms with van der Waals surface area (Å²) in [5, 5.41) is 7.69. The number of benzene rings is 2. The number of nitrogens with zero attached hydrogens (tertiary/aromatic N) is 2. The Hall–Kier alpha value is -3.09. The molecule has 0 atom stereocenters. The number of carbonyl (C=O) groups excluding carboxylic acids is 1. The van der Waals surface area contributed by atoms with Crippen LogP contribution in [-0.2, 0) is 13.2 Å². The normalized spacial score (nSPS) is 11.1. The number of furan rings is 1. The fourth-order valence-electron chi connectivity index (χ4n) is 2.99. The van der Waals surface area contributed by atoms with Gasteiger partial charge in [-0.25, -0.2) is 13.2 Å². The molecule has 0 radical (unpaired) electrons. The summed E-state index contributed by atoms with van der Waals surface area (Å²) in [5.74, 6) is -13.2. The minimum absolute atomic E-state index is 0.119. The summed E-state index contributed by atoms with van der Waals surface area (Å²) < 4.78 is 79.1. The molecule has 0 aliphatic carbocycles. The Balaban J connectivity index is 1.42. The third-order valence-electron chi connectivity index (χ3n) is 4.71. The second-order valence-electron chi connectivity index (χ2n) is 7.17. The predicted octanol–water partition coefficient (Wildman–Crippen LogP) is 7.12. The summed E-state index contributed by atoms with van der Waals surface area (Å²) in [4.78, 5) is 12.5. The van der Waals surface area contributed by atoms with Gasteiger partial charge in [0.2, 0.25) is 29.1 Å². The molecular formula is C22H11BrCl2F5N3O3. The average Bonchev–Trinajstić information content (AvgIpc) is 3.45. The Kier molecular flexibility index (Phi) is 7.57. The fraction of sp³-hybridized carbons (Fsp3) is 0.0909. The van der Waals surface area contributed by atoms with E-state index in [0.717, 1.165) is 5.56 Å². The van der Waals surface area contributed by atoms with Crippen molar-refractivity contribution in [2.24, 2.45) is 0 Å². The van der Waals surface area contributed by atoms with Crippen molar-refractivity contribution < 1.29 is 35.9 Å². The monoisotopic (exact) mass is 609 g/mol. The van der Waals surface area contributed by atoms with Gasteiger partial charge in [0.1, 0.15) is 12.4 Å². The minimum Gasteiger partial charge on any atom is -0.479 e. The molecule has 6 nitrogen and oxygen atoms in total. The number of amides is 1. The number of rotatable bonds is 7. The molecule has 0 unspecified atom stereocenters. The molecule has 4 rings (SSSR count). The zero-order valence-corrected chi connectivity index (χ0v) is 20.6. The van der Waals surface area contributed by atoms with Gasteiger partial charge in [0.15, 0.2) is 17.3 Å². The number of nitrogens with one attached hydrogen (secondary N) is 1. The van der Waals surface area contributed by atoms with Crippen molar-refractivity contribution in [1.82, 2.24) is 9.78 Å². The van der Waals surface area contributed by atoms with Crippen LogP contribution in [0.4, 0.5) is 27.8 Å². The average molecular weight is 611 g/mol. The Morgan fingerprint density at radius 1 is 1.03 bits per heavy atom. The lowest BCUT2D eigenvalue weighted by molar-refractivity contribution is 0.0991. The van der Waals surface area contributed by atoms with E-state index in [1.165, 1.54) is 16.8 Å². The van der Waals surface area contributed by atoms with Crippen molar-refractivity contribution in [3.05, 3.63) is 97.2 Å². The number of hydrogen-bond donors (Lipinski definition) is 1. The number of anilines is 1. The molecule has 2 heterocycles. The quantitative estimate of drug-likeness (QED) is 0.137. The first-order valence-electron chi connectivity index (χ1n) is 9.76. The zero-order chi connectivity index (χ0) is 26.1. The Morgan fingerprint density at radius 3 is 2.36 bits per heavy atom. The summed E-state index contributed by atoms with van der Waals surface area (Å²) in [6, 6.07) is 7.46. The molecule has 0 fully saturated rings. The van der Waals surface area contributed by atoms with Crippen LogP contribution >= 0.6 is 39.1 Å². The van der Waals surface area contributed by atoms with Gasteiger partial charge in [0.25, 0.3) is 5.91 Å². The van der Waals surface area contributed by atoms with Crippen LogP contribution in [0.3, 0.4) is 0 Å². The molecule has 2 aromatic carbocycles. The third kappa shape index (κ3) is 5.35. The van der Waals surface area contributed by atoms with E-state index in [-0.39, 0.29) is 23.9 Å². The highest BCUT2D eigenvalue weighted by Crippen LogP contribution is 2.30. The highest BCUT2D eigenvalue weighted by Gasteiger charge is 2.27. The van der Waals surface area contributed by atoms with Crippen LogP contribution in [-0.4, -0.2) is 15.7 Å². The summed E-state index contributed by atoms with van der Waals surface area (Å²) in [5.41, 5.74) is 0.735. The molecule has 0 aliphatic heterocycles. The molecule has 1 amide bonds. The van der Waals surface area contributed by atoms with Gasteiger partial charge in [-0.3, -0.25) is 9.48 Å². The first-order valence-corrected chi connectivity index (χ1v) is 11.3. The minimum atomic E-state index is -2.31. The van der Waals surface area contributed by atoms with Crippen LogP contribution in [0.2, 0.25) is 10.0 Å². The maximum Gasteiger partial charge on any atom is 0.292 e. The molecule has 0 aliphatic rings. The second kappa shape index (κ2) is 10.5. The molecule has 0 saturated heterocycles. The fourth-order valence-corrected chi connectivity index (χ4v) is 3.87. The van der Waals surface area contributed by atoms with Crippen LogP contribution in [0, 0.1) is 29.1 Å². The lowest BCUT2D eigenvalue weighted by Gasteiger charge is -2.09. The number of hydrogen-bond acceptors (Lipinski definition) is 4. The van der Waals surface area contributed by atoms with E-state index >= 15 is 0 Å². The van der Waals surface area contributed by atoms with Crippen molar-refractivity contribution in [3.8, 4) is 5.75 Å². The first-order chi connectivity index (χ1) is 17.0. The van der Waals surface area contributed by atoms with E-state index in [9.17, 15) is 26.7 Å². The smallest absolute Gasteiger partial charge is 0.292 e. The highest BCUT2D eigenvalue weighted by molar-refractivity contribution is 9.10. The van der Waals surface area contributed by atoms with Crippen molar-refractivity contribution in [3.63, 3.8) is 0 Å². The lowest BCUT2D eigenvalue weighted by Crippen LogP contribution is -2.12. The summed E-state index contributed by atoms with van der Waals surface area (Å²) in [6.45, 7) is -0.434. The molecular weight excluding hydrogens is 600 g/mol. The van der Waals surface area contributed by atoms with Crippen molar-refractivity contribution in [2.75, 3.05) is 5.32 Å². The van der Waals surface area contributed by atoms with E-state index in [1.54, 1.807) is 24.4 Å². The summed E-state index contributed by atoms with van der Waals surface area (Å²) in [6.07, 6.45) is 1.60. The number of ether oxygens (including phenoxy) is 1. The van der Waals surface area contributed by atoms with Crippen molar-refractivity contribution in [2.45, 2.75) is 13.2 Å². The van der Waals surface area contributed by atoms with Crippen LogP contribution in [0.1, 0.15) is 21.9 Å². The van der Waals surface area contributed by atoms with Crippen LogP contribution < -0.4 is 10.1 Å². The van der Waals surface area contributed by atoms with Gasteiger partial charge in [-0.1, -0.05) is 29.3 Å². The van der Waals surface area contributed by atoms with Gasteiger partial charge in [-0.05, 0) is 45.8 Å². The third-order valence-corrected chi connectivity index (χ3v) is 5.88. The summed E-state index contributed by atoms with van der Waals surface area (Å²) in [7, 11) is 0. The highest BCUT2D eigenvalue weighted by atomic mass is 79.9. The second-order valence-corrected chi connectivity index (χ2v) is 8.86. The van der Waals surface area contributed by atoms with E-state index in [1.807, 2.05) is 0 Å². The maximum absolute atomic E-state index is 13.7. The van der Waals surface area contributed by atoms with E-state index in [0.29, 0.717) is 14.5 Å². The zero-order valence-electron chi connectivity index (χ0n) is 17.5. The Labute approximate surface area is 217 Å². The molecule has 1 N–H and O–H groups in total. The SMILES string of the molecule is O=C(Nc1nn(Cc2ccc(Cl)cc2Cl)cc1Br)c1ccc(COc2c(F)c(F)c(F)c(F)c2F)o1. The number of aromatic nitrogens is 2. The summed E-state index contributed by atoms with van der Waals surface area (Å²) >= 11 is 15.4. The van der Waals surface area contributed by atoms with Crippen molar-refractivity contribution in [1.29, 1.82) is 0 Å². The molecule has 36 heavy (non-hydrogen) atoms. The molecule has 14 heteroatoms. The van der Waals surface area contributed by atoms with Gasteiger partial charge >= 0.3 is 0 Å². The molecule has 2 aromatic heterocycles. The van der Waals surface area contributed by atoms with Gasteiger partial charge in [0.05, 0.1) is 11.0 Å². The topological polar surface area (TPSA) is 69.3 Å². The van der Waals surface area contributed by atoms with Crippen molar-refractivity contribution >= 4 is 50.9 Å². The van der Waals surface area contributed by atoms with Gasteiger partial charge in [0, 0.05) is 16.2 Å². The lowest BCUT2D eigenvalue weighted by atomic mass is 10.2. The van der Waals surface area contributed by atoms with E-state index in [4.69, 9.17) is 32.4 Å². The maximum atomic E-state index is 13.7. The number of halogens is 8. The first kappa shape index (κ1) is 26.0. The molecule has 0 bridgehead atoms. The van der Waals surface area contributed by atoms with Crippen LogP contribution in [0.5, 0.6) is 5.75 Å².